The molecule has 1 amide bonds. The zero-order valence-corrected chi connectivity index (χ0v) is 20.0. The quantitative estimate of drug-likeness (QED) is 0.336. The van der Waals surface area contributed by atoms with Gasteiger partial charge in [-0.25, -0.2) is 14.5 Å². The highest BCUT2D eigenvalue weighted by Crippen LogP contribution is 2.31. The molecule has 1 N–H and O–H groups in total. The van der Waals surface area contributed by atoms with E-state index in [1.165, 1.54) is 27.5 Å². The van der Waals surface area contributed by atoms with Gasteiger partial charge in [0.05, 0.1) is 22.2 Å². The number of para-hydroxylation sites is 1. The summed E-state index contributed by atoms with van der Waals surface area (Å²) in [6.07, 6.45) is 4.70. The molecule has 0 fully saturated rings. The average molecular weight is 471 g/mol. The summed E-state index contributed by atoms with van der Waals surface area (Å²) in [5, 5.41) is 3.75. The summed E-state index contributed by atoms with van der Waals surface area (Å²) < 4.78 is 1.51. The molecular weight excluding hydrogens is 444 g/mol. The Labute approximate surface area is 202 Å². The fraction of sp³-hybridized carbons (Fsp3) is 0.259. The number of hydrogen-bond donors (Lipinski definition) is 1. The zero-order valence-electron chi connectivity index (χ0n) is 19.2. The molecule has 2 atom stereocenters. The van der Waals surface area contributed by atoms with Gasteiger partial charge in [0.2, 0.25) is 5.91 Å². The van der Waals surface area contributed by atoms with Crippen LogP contribution < -0.4 is 10.9 Å². The number of aromatic nitrogens is 3. The summed E-state index contributed by atoms with van der Waals surface area (Å²) in [5.41, 5.74) is 3.90. The van der Waals surface area contributed by atoms with Crippen LogP contribution in [0.4, 0.5) is 0 Å². The van der Waals surface area contributed by atoms with Crippen LogP contribution in [0.3, 0.4) is 0 Å². The van der Waals surface area contributed by atoms with Crippen LogP contribution in [0.5, 0.6) is 0 Å². The van der Waals surface area contributed by atoms with E-state index in [1.807, 2.05) is 56.3 Å². The summed E-state index contributed by atoms with van der Waals surface area (Å²) in [5.74, 6) is 0.428. The van der Waals surface area contributed by atoms with Gasteiger partial charge in [0.25, 0.3) is 5.56 Å². The number of fused-ring (bicyclic) bond motifs is 2. The van der Waals surface area contributed by atoms with Gasteiger partial charge >= 0.3 is 0 Å². The number of carbonyl (C=O) groups is 1. The average Bonchev–Trinajstić information content (AvgIpc) is 2.84. The van der Waals surface area contributed by atoms with E-state index in [-0.39, 0.29) is 17.5 Å². The highest BCUT2D eigenvalue weighted by Gasteiger charge is 2.26. The molecule has 0 saturated heterocycles. The van der Waals surface area contributed by atoms with E-state index < -0.39 is 5.25 Å². The Morgan fingerprint density at radius 1 is 1.15 bits per heavy atom. The first-order valence-electron chi connectivity index (χ1n) is 11.5. The molecule has 5 rings (SSSR count). The number of pyridine rings is 1. The van der Waals surface area contributed by atoms with Gasteiger partial charge < -0.3 is 5.32 Å². The third-order valence-electron chi connectivity index (χ3n) is 6.21. The maximum Gasteiger partial charge on any atom is 0.267 e. The van der Waals surface area contributed by atoms with Gasteiger partial charge in [-0.05, 0) is 74.1 Å². The minimum atomic E-state index is -0.446. The van der Waals surface area contributed by atoms with Crippen LogP contribution in [0.25, 0.3) is 16.7 Å². The van der Waals surface area contributed by atoms with Crippen LogP contribution >= 0.6 is 11.8 Å². The van der Waals surface area contributed by atoms with E-state index in [4.69, 9.17) is 4.98 Å². The fourth-order valence-electron chi connectivity index (χ4n) is 4.44. The Morgan fingerprint density at radius 3 is 2.79 bits per heavy atom. The normalized spacial score (nSPS) is 16.1. The molecule has 6 nitrogen and oxygen atoms in total. The number of nitrogens with zero attached hydrogens (tertiary/aromatic N) is 3. The van der Waals surface area contributed by atoms with Crippen molar-refractivity contribution in [3.8, 4) is 5.82 Å². The van der Waals surface area contributed by atoms with E-state index in [9.17, 15) is 9.59 Å². The van der Waals surface area contributed by atoms with E-state index in [2.05, 4.69) is 22.4 Å². The maximum absolute atomic E-state index is 13.4. The number of carbonyl (C=O) groups excluding carboxylic acids is 1. The Hall–Kier alpha value is -3.45. The highest BCUT2D eigenvalue weighted by atomic mass is 32.2. The number of benzene rings is 2. The summed E-state index contributed by atoms with van der Waals surface area (Å²) in [4.78, 5) is 35.8. The highest BCUT2D eigenvalue weighted by molar-refractivity contribution is 8.00. The van der Waals surface area contributed by atoms with Gasteiger partial charge in [-0.1, -0.05) is 48.2 Å². The molecule has 4 aromatic rings. The van der Waals surface area contributed by atoms with Crippen molar-refractivity contribution in [3.05, 3.63) is 93.9 Å². The summed E-state index contributed by atoms with van der Waals surface area (Å²) >= 11 is 1.28. The number of aryl methyl sites for hydroxylation is 2. The van der Waals surface area contributed by atoms with E-state index >= 15 is 0 Å². The Balaban J connectivity index is 1.47. The number of hydrogen-bond acceptors (Lipinski definition) is 5. The number of rotatable bonds is 5. The summed E-state index contributed by atoms with van der Waals surface area (Å²) in [7, 11) is 0. The van der Waals surface area contributed by atoms with Gasteiger partial charge in [-0.3, -0.25) is 9.59 Å². The summed E-state index contributed by atoms with van der Waals surface area (Å²) in [6.45, 7) is 3.81. The van der Waals surface area contributed by atoms with Gasteiger partial charge in [0.15, 0.2) is 5.16 Å². The Kier molecular flexibility index (Phi) is 6.20. The third-order valence-corrected chi connectivity index (χ3v) is 7.26. The third kappa shape index (κ3) is 4.35. The minimum Gasteiger partial charge on any atom is -0.348 e. The van der Waals surface area contributed by atoms with Crippen molar-refractivity contribution in [2.75, 3.05) is 0 Å². The second kappa shape index (κ2) is 9.43. The van der Waals surface area contributed by atoms with E-state index in [1.54, 1.807) is 12.3 Å². The molecule has 7 heteroatoms. The van der Waals surface area contributed by atoms with Crippen LogP contribution in [0, 0.1) is 6.92 Å². The van der Waals surface area contributed by atoms with Crippen molar-refractivity contribution < 1.29 is 4.79 Å². The first-order chi connectivity index (χ1) is 16.5. The predicted octanol–water partition coefficient (Wildman–Crippen LogP) is 4.76. The molecule has 2 heterocycles. The molecule has 0 aliphatic heterocycles. The molecule has 2 aromatic carbocycles. The zero-order chi connectivity index (χ0) is 23.7. The SMILES string of the molecule is Cc1ccnc(-n2c(SC(C)C(=O)NC3CCCc4ccccc43)nc3ccccc3c2=O)c1. The lowest BCUT2D eigenvalue weighted by Crippen LogP contribution is -2.36. The van der Waals surface area contributed by atoms with Crippen molar-refractivity contribution in [1.29, 1.82) is 0 Å². The second-order valence-corrected chi connectivity index (χ2v) is 9.96. The molecule has 34 heavy (non-hydrogen) atoms. The van der Waals surface area contributed by atoms with Crippen LogP contribution in [-0.2, 0) is 11.2 Å². The number of thioether (sulfide) groups is 1. The largest absolute Gasteiger partial charge is 0.348 e. The smallest absolute Gasteiger partial charge is 0.267 e. The van der Waals surface area contributed by atoms with Gasteiger partial charge in [-0.15, -0.1) is 0 Å². The molecule has 2 unspecified atom stereocenters. The van der Waals surface area contributed by atoms with Crippen LogP contribution in [0.15, 0.2) is 76.8 Å². The van der Waals surface area contributed by atoms with Crippen LogP contribution in [0.2, 0.25) is 0 Å². The van der Waals surface area contributed by atoms with Crippen LogP contribution in [0.1, 0.15) is 42.5 Å². The second-order valence-electron chi connectivity index (χ2n) is 8.66. The van der Waals surface area contributed by atoms with E-state index in [0.717, 1.165) is 24.8 Å². The van der Waals surface area contributed by atoms with Crippen LogP contribution in [-0.4, -0.2) is 25.7 Å². The van der Waals surface area contributed by atoms with Gasteiger partial charge in [0.1, 0.15) is 5.82 Å². The van der Waals surface area contributed by atoms with Crippen molar-refractivity contribution in [3.63, 3.8) is 0 Å². The molecule has 0 saturated carbocycles. The van der Waals surface area contributed by atoms with Crippen molar-refractivity contribution in [1.82, 2.24) is 19.9 Å². The Morgan fingerprint density at radius 2 is 1.94 bits per heavy atom. The van der Waals surface area contributed by atoms with Gasteiger partial charge in [-0.2, -0.15) is 0 Å². The summed E-state index contributed by atoms with van der Waals surface area (Å²) in [6, 6.07) is 19.3. The lowest BCUT2D eigenvalue weighted by Gasteiger charge is -2.27. The maximum atomic E-state index is 13.4. The van der Waals surface area contributed by atoms with E-state index in [0.29, 0.717) is 21.9 Å². The molecule has 172 valence electrons. The van der Waals surface area contributed by atoms with Crippen molar-refractivity contribution in [2.24, 2.45) is 0 Å². The first kappa shape index (κ1) is 22.3. The first-order valence-corrected chi connectivity index (χ1v) is 12.4. The fourth-order valence-corrected chi connectivity index (χ4v) is 5.36. The molecule has 0 radical (unpaired) electrons. The van der Waals surface area contributed by atoms with Crippen molar-refractivity contribution >= 4 is 28.6 Å². The Bertz CT molecular complexity index is 1430. The standard InChI is InChI=1S/C27H26N4O2S/c1-17-14-15-28-24(16-17)31-26(33)21-11-5-6-12-23(21)30-27(31)34-18(2)25(32)29-22-13-7-9-19-8-3-4-10-20(19)22/h3-6,8,10-12,14-16,18,22H,7,9,13H2,1-2H3,(H,29,32). The lowest BCUT2D eigenvalue weighted by molar-refractivity contribution is -0.121. The molecule has 0 bridgehead atoms. The minimum absolute atomic E-state index is 0.00527. The molecule has 0 spiro atoms. The predicted molar refractivity (Wildman–Crippen MR) is 135 cm³/mol. The monoisotopic (exact) mass is 470 g/mol. The number of amides is 1. The van der Waals surface area contributed by atoms with Gasteiger partial charge in [0, 0.05) is 6.20 Å². The molecule has 2 aromatic heterocycles. The number of nitrogens with one attached hydrogen (secondary N) is 1. The molecule has 1 aliphatic carbocycles. The topological polar surface area (TPSA) is 76.9 Å². The lowest BCUT2D eigenvalue weighted by atomic mass is 9.88. The van der Waals surface area contributed by atoms with Crippen molar-refractivity contribution in [2.45, 2.75) is 49.6 Å². The molecular formula is C27H26N4O2S. The molecule has 1 aliphatic rings.